The van der Waals surface area contributed by atoms with Crippen LogP contribution in [0.4, 0.5) is 21.6 Å². The summed E-state index contributed by atoms with van der Waals surface area (Å²) < 4.78 is 22.1. The summed E-state index contributed by atoms with van der Waals surface area (Å²) in [5, 5.41) is 8.18. The van der Waals surface area contributed by atoms with E-state index >= 15 is 4.39 Å². The SMILES string of the molecule is COc1ncc(-c2cc3cc(NC(=O)[C@H]4[C@H](C)[C@@H]4c4cnn(C)c4)ncc3c(N)c2F)c(C)c1N. The molecule has 5 rings (SSSR count). The van der Waals surface area contributed by atoms with E-state index in [0.29, 0.717) is 33.4 Å². The normalized spacial score (nSPS) is 19.1. The second kappa shape index (κ2) is 8.23. The molecule has 1 fully saturated rings. The number of benzene rings is 1. The number of methoxy groups -OCH3 is 1. The van der Waals surface area contributed by atoms with E-state index in [1.165, 1.54) is 19.5 Å². The van der Waals surface area contributed by atoms with Crippen molar-refractivity contribution in [3.63, 3.8) is 0 Å². The lowest BCUT2D eigenvalue weighted by atomic mass is 9.97. The molecule has 1 saturated carbocycles. The zero-order valence-corrected chi connectivity index (χ0v) is 19.8. The highest BCUT2D eigenvalue weighted by molar-refractivity contribution is 6.01. The number of ether oxygens (including phenoxy) is 1. The van der Waals surface area contributed by atoms with Crippen LogP contribution in [0.2, 0.25) is 0 Å². The summed E-state index contributed by atoms with van der Waals surface area (Å²) in [6.45, 7) is 3.81. The average Bonchev–Trinajstić information content (AvgIpc) is 3.32. The predicted molar refractivity (Wildman–Crippen MR) is 132 cm³/mol. The molecule has 3 heterocycles. The van der Waals surface area contributed by atoms with E-state index in [0.717, 1.165) is 5.56 Å². The maximum Gasteiger partial charge on any atom is 0.237 e. The van der Waals surface area contributed by atoms with Crippen molar-refractivity contribution in [2.45, 2.75) is 19.8 Å². The van der Waals surface area contributed by atoms with Crippen LogP contribution in [-0.2, 0) is 11.8 Å². The second-order valence-electron chi connectivity index (χ2n) is 9.01. The minimum atomic E-state index is -0.586. The van der Waals surface area contributed by atoms with E-state index in [9.17, 15) is 4.79 Å². The van der Waals surface area contributed by atoms with E-state index in [1.807, 2.05) is 20.2 Å². The second-order valence-corrected chi connectivity index (χ2v) is 9.01. The topological polar surface area (TPSA) is 134 Å². The molecule has 10 heteroatoms. The van der Waals surface area contributed by atoms with Gasteiger partial charge in [-0.3, -0.25) is 9.48 Å². The first-order chi connectivity index (χ1) is 16.7. The van der Waals surface area contributed by atoms with Crippen LogP contribution >= 0.6 is 0 Å². The van der Waals surface area contributed by atoms with Crippen molar-refractivity contribution in [3.8, 4) is 17.0 Å². The number of aromatic nitrogens is 4. The number of carbonyl (C=O) groups excluding carboxylic acids is 1. The number of aryl methyl sites for hydroxylation is 1. The van der Waals surface area contributed by atoms with Crippen molar-refractivity contribution >= 4 is 33.9 Å². The fourth-order valence-electron chi connectivity index (χ4n) is 4.79. The van der Waals surface area contributed by atoms with Gasteiger partial charge in [0.15, 0.2) is 5.82 Å². The summed E-state index contributed by atoms with van der Waals surface area (Å²) >= 11 is 0. The molecule has 0 spiro atoms. The van der Waals surface area contributed by atoms with Crippen molar-refractivity contribution < 1.29 is 13.9 Å². The lowest BCUT2D eigenvalue weighted by Crippen LogP contribution is -2.16. The summed E-state index contributed by atoms with van der Waals surface area (Å²) in [6.07, 6.45) is 6.70. The van der Waals surface area contributed by atoms with Gasteiger partial charge in [-0.05, 0) is 41.5 Å². The van der Waals surface area contributed by atoms with E-state index < -0.39 is 5.82 Å². The first kappa shape index (κ1) is 22.6. The molecule has 0 radical (unpaired) electrons. The molecule has 1 aromatic carbocycles. The first-order valence-electron chi connectivity index (χ1n) is 11.2. The van der Waals surface area contributed by atoms with E-state index in [1.54, 1.807) is 29.9 Å². The Morgan fingerprint density at radius 3 is 2.60 bits per heavy atom. The zero-order valence-electron chi connectivity index (χ0n) is 19.8. The molecule has 3 aromatic heterocycles. The molecule has 5 N–H and O–H groups in total. The highest BCUT2D eigenvalue weighted by atomic mass is 19.1. The van der Waals surface area contributed by atoms with Gasteiger partial charge in [-0.25, -0.2) is 14.4 Å². The van der Waals surface area contributed by atoms with Crippen molar-refractivity contribution in [1.82, 2.24) is 19.7 Å². The average molecular weight is 476 g/mol. The summed E-state index contributed by atoms with van der Waals surface area (Å²) in [5.74, 6) is 0.0966. The largest absolute Gasteiger partial charge is 0.480 e. The lowest BCUT2D eigenvalue weighted by Gasteiger charge is -2.15. The number of nitrogens with two attached hydrogens (primary N) is 2. The predicted octanol–water partition coefficient (Wildman–Crippen LogP) is 3.64. The van der Waals surface area contributed by atoms with Crippen molar-refractivity contribution in [1.29, 1.82) is 0 Å². The van der Waals surface area contributed by atoms with Gasteiger partial charge in [0, 0.05) is 54.0 Å². The number of fused-ring (bicyclic) bond motifs is 1. The standard InChI is InChI=1S/C25H26FN7O2/c1-11-16(8-30-25(35-4)22(11)27)15-5-13-6-18(29-9-17(13)23(28)21(15)26)32-24(34)20-12(2)19(20)14-7-31-33(3)10-14/h5-10,12,19-20H,27-28H2,1-4H3,(H,29,32,34)/t12-,19-,20+/m1/s1. The monoisotopic (exact) mass is 475 g/mol. The van der Waals surface area contributed by atoms with Crippen LogP contribution in [-0.4, -0.2) is 32.8 Å². The molecule has 0 aliphatic heterocycles. The maximum atomic E-state index is 15.3. The Labute approximate surface area is 201 Å². The molecule has 1 aliphatic rings. The number of nitrogens with zero attached hydrogens (tertiary/aromatic N) is 4. The highest BCUT2D eigenvalue weighted by Gasteiger charge is 2.52. The van der Waals surface area contributed by atoms with Crippen molar-refractivity contribution in [2.75, 3.05) is 23.9 Å². The number of rotatable bonds is 5. The summed E-state index contributed by atoms with van der Waals surface area (Å²) in [7, 11) is 3.32. The molecule has 1 aliphatic carbocycles. The van der Waals surface area contributed by atoms with Gasteiger partial charge >= 0.3 is 0 Å². The smallest absolute Gasteiger partial charge is 0.237 e. The number of nitrogens with one attached hydrogen (secondary N) is 1. The number of hydrogen-bond donors (Lipinski definition) is 3. The minimum Gasteiger partial charge on any atom is -0.480 e. The van der Waals surface area contributed by atoms with Gasteiger partial charge in [-0.1, -0.05) is 6.92 Å². The molecule has 0 unspecified atom stereocenters. The Balaban J connectivity index is 1.47. The van der Waals surface area contributed by atoms with Gasteiger partial charge in [0.05, 0.1) is 24.7 Å². The summed E-state index contributed by atoms with van der Waals surface area (Å²) in [5.41, 5.74) is 14.9. The van der Waals surface area contributed by atoms with E-state index in [4.69, 9.17) is 16.2 Å². The van der Waals surface area contributed by atoms with E-state index in [2.05, 4.69) is 20.4 Å². The minimum absolute atomic E-state index is 0.0378. The number of pyridine rings is 2. The van der Waals surface area contributed by atoms with Gasteiger partial charge in [0.25, 0.3) is 0 Å². The molecule has 1 amide bonds. The molecule has 4 aromatic rings. The maximum absolute atomic E-state index is 15.3. The van der Waals surface area contributed by atoms with Crippen molar-refractivity contribution in [2.24, 2.45) is 18.9 Å². The third-order valence-corrected chi connectivity index (χ3v) is 6.87. The third kappa shape index (κ3) is 3.71. The Hall–Kier alpha value is -4.21. The first-order valence-corrected chi connectivity index (χ1v) is 11.2. The number of anilines is 3. The van der Waals surface area contributed by atoms with Gasteiger partial charge in [0.1, 0.15) is 5.82 Å². The fourth-order valence-corrected chi connectivity index (χ4v) is 4.79. The zero-order chi connectivity index (χ0) is 25.0. The Morgan fingerprint density at radius 2 is 1.91 bits per heavy atom. The van der Waals surface area contributed by atoms with Crippen LogP contribution in [0.15, 0.2) is 36.9 Å². The number of halogens is 1. The molecule has 35 heavy (non-hydrogen) atoms. The number of nitrogen functional groups attached to an aromatic ring is 2. The van der Waals surface area contributed by atoms with Crippen LogP contribution in [0.25, 0.3) is 21.9 Å². The molecular formula is C25H26FN7O2. The van der Waals surface area contributed by atoms with Gasteiger partial charge < -0.3 is 21.5 Å². The lowest BCUT2D eigenvalue weighted by molar-refractivity contribution is -0.117. The van der Waals surface area contributed by atoms with Gasteiger partial charge in [0.2, 0.25) is 11.8 Å². The Bertz CT molecular complexity index is 1480. The van der Waals surface area contributed by atoms with Gasteiger partial charge in [-0.2, -0.15) is 5.10 Å². The summed E-state index contributed by atoms with van der Waals surface area (Å²) in [4.78, 5) is 21.4. The van der Waals surface area contributed by atoms with Crippen LogP contribution in [0.1, 0.15) is 24.0 Å². The van der Waals surface area contributed by atoms with Crippen LogP contribution in [0.5, 0.6) is 5.88 Å². The molecule has 0 saturated heterocycles. The quantitative estimate of drug-likeness (QED) is 0.375. The number of carbonyl (C=O) groups is 1. The highest BCUT2D eigenvalue weighted by Crippen LogP contribution is 2.54. The molecule has 9 nitrogen and oxygen atoms in total. The Kier molecular flexibility index (Phi) is 5.31. The summed E-state index contributed by atoms with van der Waals surface area (Å²) in [6, 6.07) is 3.35. The molecule has 0 bridgehead atoms. The van der Waals surface area contributed by atoms with Crippen LogP contribution < -0.4 is 21.5 Å². The third-order valence-electron chi connectivity index (χ3n) is 6.87. The number of hydrogen-bond acceptors (Lipinski definition) is 7. The molecular weight excluding hydrogens is 449 g/mol. The fraction of sp³-hybridized carbons (Fsp3) is 0.280. The molecule has 3 atom stereocenters. The molecule has 180 valence electrons. The van der Waals surface area contributed by atoms with Crippen molar-refractivity contribution in [3.05, 3.63) is 53.9 Å². The number of amides is 1. The Morgan fingerprint density at radius 1 is 1.14 bits per heavy atom. The van der Waals surface area contributed by atoms with Gasteiger partial charge in [-0.15, -0.1) is 0 Å². The van der Waals surface area contributed by atoms with Crippen LogP contribution in [0.3, 0.4) is 0 Å². The van der Waals surface area contributed by atoms with Crippen LogP contribution in [0, 0.1) is 24.6 Å². The van der Waals surface area contributed by atoms with E-state index in [-0.39, 0.29) is 40.8 Å².